The van der Waals surface area contributed by atoms with Gasteiger partial charge in [-0.1, -0.05) is 12.1 Å². The van der Waals surface area contributed by atoms with Gasteiger partial charge in [0.1, 0.15) is 5.82 Å². The quantitative estimate of drug-likeness (QED) is 0.932. The number of imidazole rings is 1. The maximum atomic E-state index is 13.7. The smallest absolute Gasteiger partial charge is 0.129 e. The summed E-state index contributed by atoms with van der Waals surface area (Å²) in [6.07, 6.45) is 3.70. The Bertz CT molecular complexity index is 600. The van der Waals surface area contributed by atoms with Crippen LogP contribution in [-0.4, -0.2) is 15.1 Å². The maximum Gasteiger partial charge on any atom is 0.129 e. The summed E-state index contributed by atoms with van der Waals surface area (Å²) in [6.45, 7) is 11.5. The van der Waals surface area contributed by atoms with E-state index < -0.39 is 0 Å². The average Bonchev–Trinajstić information content (AvgIpc) is 2.80. The lowest BCUT2D eigenvalue weighted by molar-refractivity contribution is 0.417. The largest absolute Gasteiger partial charge is 0.329 e. The van der Waals surface area contributed by atoms with Crippen LogP contribution >= 0.6 is 0 Å². The van der Waals surface area contributed by atoms with E-state index in [2.05, 4.69) is 35.6 Å². The van der Waals surface area contributed by atoms with Crippen LogP contribution in [0.2, 0.25) is 0 Å². The van der Waals surface area contributed by atoms with Gasteiger partial charge in [-0.25, -0.2) is 9.37 Å². The minimum Gasteiger partial charge on any atom is -0.329 e. The average molecular weight is 289 g/mol. The highest BCUT2D eigenvalue weighted by atomic mass is 19.1. The lowest BCUT2D eigenvalue weighted by Gasteiger charge is -2.21. The summed E-state index contributed by atoms with van der Waals surface area (Å²) < 4.78 is 15.8. The summed E-state index contributed by atoms with van der Waals surface area (Å²) in [6, 6.07) is 3.81. The number of hydrogen-bond acceptors (Lipinski definition) is 2. The molecule has 0 aliphatic rings. The standard InChI is InChI=1S/C17H24FN3/c1-12-6-14(7-13(2)16(12)18)10-21-11-19-8-15(21)9-20-17(3,4)5/h6-8,11,20H,9-10H2,1-5H3. The van der Waals surface area contributed by atoms with Crippen LogP contribution in [0.4, 0.5) is 4.39 Å². The zero-order valence-corrected chi connectivity index (χ0v) is 13.5. The van der Waals surface area contributed by atoms with Crippen molar-refractivity contribution in [2.75, 3.05) is 0 Å². The molecule has 0 fully saturated rings. The van der Waals surface area contributed by atoms with Crippen molar-refractivity contribution in [3.63, 3.8) is 0 Å². The molecule has 0 aliphatic carbocycles. The van der Waals surface area contributed by atoms with Crippen molar-refractivity contribution in [2.24, 2.45) is 0 Å². The number of aryl methyl sites for hydroxylation is 2. The fraction of sp³-hybridized carbons (Fsp3) is 0.471. The van der Waals surface area contributed by atoms with Crippen LogP contribution < -0.4 is 5.32 Å². The Labute approximate surface area is 126 Å². The van der Waals surface area contributed by atoms with Gasteiger partial charge in [0, 0.05) is 24.8 Å². The predicted octanol–water partition coefficient (Wildman–Crippen LogP) is 3.58. The van der Waals surface area contributed by atoms with Crippen LogP contribution in [-0.2, 0) is 13.1 Å². The van der Waals surface area contributed by atoms with E-state index >= 15 is 0 Å². The predicted molar refractivity (Wildman–Crippen MR) is 83.8 cm³/mol. The highest BCUT2D eigenvalue weighted by Crippen LogP contribution is 2.16. The Morgan fingerprint density at radius 2 is 1.81 bits per heavy atom. The molecule has 0 radical (unpaired) electrons. The van der Waals surface area contributed by atoms with Gasteiger partial charge >= 0.3 is 0 Å². The van der Waals surface area contributed by atoms with Crippen molar-refractivity contribution in [1.29, 1.82) is 0 Å². The first-order valence-corrected chi connectivity index (χ1v) is 7.26. The molecule has 0 saturated carbocycles. The zero-order chi connectivity index (χ0) is 15.6. The van der Waals surface area contributed by atoms with E-state index in [0.29, 0.717) is 17.7 Å². The van der Waals surface area contributed by atoms with Crippen LogP contribution in [0, 0.1) is 19.7 Å². The van der Waals surface area contributed by atoms with E-state index in [9.17, 15) is 4.39 Å². The minimum absolute atomic E-state index is 0.0676. The summed E-state index contributed by atoms with van der Waals surface area (Å²) in [5.41, 5.74) is 3.68. The first-order valence-electron chi connectivity index (χ1n) is 7.26. The Balaban J connectivity index is 2.16. The second-order valence-electron chi connectivity index (χ2n) is 6.66. The van der Waals surface area contributed by atoms with Gasteiger partial charge in [-0.2, -0.15) is 0 Å². The van der Waals surface area contributed by atoms with E-state index in [1.165, 1.54) is 0 Å². The van der Waals surface area contributed by atoms with Crippen LogP contribution in [0.5, 0.6) is 0 Å². The lowest BCUT2D eigenvalue weighted by Crippen LogP contribution is -2.35. The maximum absolute atomic E-state index is 13.7. The molecular weight excluding hydrogens is 265 g/mol. The van der Waals surface area contributed by atoms with Crippen LogP contribution in [0.25, 0.3) is 0 Å². The van der Waals surface area contributed by atoms with Crippen LogP contribution in [0.3, 0.4) is 0 Å². The summed E-state index contributed by atoms with van der Waals surface area (Å²) in [5.74, 6) is -0.112. The second-order valence-corrected chi connectivity index (χ2v) is 6.66. The normalized spacial score (nSPS) is 11.9. The molecule has 1 N–H and O–H groups in total. The molecule has 2 aromatic rings. The second kappa shape index (κ2) is 5.98. The van der Waals surface area contributed by atoms with Crippen molar-refractivity contribution in [3.8, 4) is 0 Å². The summed E-state index contributed by atoms with van der Waals surface area (Å²) in [7, 11) is 0. The molecule has 0 aliphatic heterocycles. The van der Waals surface area contributed by atoms with Gasteiger partial charge in [-0.05, 0) is 51.3 Å². The third-order valence-electron chi connectivity index (χ3n) is 3.45. The summed E-state index contributed by atoms with van der Waals surface area (Å²) in [5, 5.41) is 3.46. The molecule has 2 rings (SSSR count). The summed E-state index contributed by atoms with van der Waals surface area (Å²) >= 11 is 0. The molecule has 1 aromatic carbocycles. The Morgan fingerprint density at radius 3 is 2.38 bits per heavy atom. The number of nitrogens with one attached hydrogen (secondary N) is 1. The number of aromatic nitrogens is 2. The SMILES string of the molecule is Cc1cc(Cn2cncc2CNC(C)(C)C)cc(C)c1F. The zero-order valence-electron chi connectivity index (χ0n) is 13.5. The Kier molecular flexibility index (Phi) is 4.47. The molecule has 0 spiro atoms. The Morgan fingerprint density at radius 1 is 1.19 bits per heavy atom. The molecule has 0 unspecified atom stereocenters. The van der Waals surface area contributed by atoms with Gasteiger partial charge in [0.25, 0.3) is 0 Å². The number of hydrogen-bond donors (Lipinski definition) is 1. The number of nitrogens with zero attached hydrogens (tertiary/aromatic N) is 2. The Hall–Kier alpha value is -1.68. The van der Waals surface area contributed by atoms with Gasteiger partial charge in [-0.3, -0.25) is 0 Å². The third-order valence-corrected chi connectivity index (χ3v) is 3.45. The molecule has 0 saturated heterocycles. The fourth-order valence-corrected chi connectivity index (χ4v) is 2.32. The molecule has 0 atom stereocenters. The van der Waals surface area contributed by atoms with Crippen molar-refractivity contribution in [1.82, 2.24) is 14.9 Å². The molecule has 4 heteroatoms. The molecule has 1 aromatic heterocycles. The number of rotatable bonds is 4. The lowest BCUT2D eigenvalue weighted by atomic mass is 10.1. The van der Waals surface area contributed by atoms with Crippen molar-refractivity contribution in [3.05, 3.63) is 52.9 Å². The van der Waals surface area contributed by atoms with Crippen LogP contribution in [0.1, 0.15) is 43.2 Å². The van der Waals surface area contributed by atoms with Gasteiger partial charge in [0.05, 0.1) is 12.0 Å². The topological polar surface area (TPSA) is 29.9 Å². The van der Waals surface area contributed by atoms with E-state index in [1.807, 2.05) is 38.5 Å². The van der Waals surface area contributed by atoms with Gasteiger partial charge < -0.3 is 9.88 Å². The van der Waals surface area contributed by atoms with Crippen molar-refractivity contribution in [2.45, 2.75) is 53.2 Å². The highest BCUT2D eigenvalue weighted by Gasteiger charge is 2.11. The van der Waals surface area contributed by atoms with E-state index in [4.69, 9.17) is 0 Å². The highest BCUT2D eigenvalue weighted by molar-refractivity contribution is 5.30. The fourth-order valence-electron chi connectivity index (χ4n) is 2.32. The molecule has 1 heterocycles. The van der Waals surface area contributed by atoms with E-state index in [0.717, 1.165) is 17.8 Å². The molecule has 0 bridgehead atoms. The van der Waals surface area contributed by atoms with E-state index in [-0.39, 0.29) is 11.4 Å². The third kappa shape index (κ3) is 4.14. The molecule has 3 nitrogen and oxygen atoms in total. The van der Waals surface area contributed by atoms with Crippen molar-refractivity contribution >= 4 is 0 Å². The monoisotopic (exact) mass is 289 g/mol. The molecule has 21 heavy (non-hydrogen) atoms. The first kappa shape index (κ1) is 15.7. The van der Waals surface area contributed by atoms with Crippen molar-refractivity contribution < 1.29 is 4.39 Å². The number of benzene rings is 1. The summed E-state index contributed by atoms with van der Waals surface area (Å²) in [4.78, 5) is 4.23. The number of halogens is 1. The van der Waals surface area contributed by atoms with Gasteiger partial charge in [0.2, 0.25) is 0 Å². The van der Waals surface area contributed by atoms with Gasteiger partial charge in [0.15, 0.2) is 0 Å². The van der Waals surface area contributed by atoms with E-state index in [1.54, 1.807) is 0 Å². The molecular formula is C17H24FN3. The van der Waals surface area contributed by atoms with Crippen LogP contribution in [0.15, 0.2) is 24.7 Å². The molecule has 0 amide bonds. The molecule has 114 valence electrons. The van der Waals surface area contributed by atoms with Gasteiger partial charge in [-0.15, -0.1) is 0 Å². The minimum atomic E-state index is -0.112. The first-order chi connectivity index (χ1) is 9.76.